The van der Waals surface area contributed by atoms with Gasteiger partial charge in [0.15, 0.2) is 0 Å². The Balaban J connectivity index is 3.65. The molecule has 0 aliphatic carbocycles. The number of amides is 1. The molecule has 0 aliphatic rings. The minimum Gasteiger partial charge on any atom is -0.468 e. The minimum atomic E-state index is -0.878. The highest BCUT2D eigenvalue weighted by Crippen LogP contribution is 1.83. The third-order valence-corrected chi connectivity index (χ3v) is 1.30. The molecule has 14 heavy (non-hydrogen) atoms. The lowest BCUT2D eigenvalue weighted by molar-refractivity contribution is -0.141. The van der Waals surface area contributed by atoms with Crippen LogP contribution >= 0.6 is 0 Å². The van der Waals surface area contributed by atoms with Crippen LogP contribution in [0.1, 0.15) is 0 Å². The number of esters is 1. The van der Waals surface area contributed by atoms with Crippen LogP contribution in [-0.2, 0) is 14.3 Å². The molecule has 6 heteroatoms. The van der Waals surface area contributed by atoms with E-state index in [1.54, 1.807) is 0 Å². The smallest absolute Gasteiger partial charge is 0.407 e. The maximum Gasteiger partial charge on any atom is 0.407 e. The summed E-state index contributed by atoms with van der Waals surface area (Å²) in [5.74, 6) is -0.589. The SMILES string of the molecule is C=CCOC(=O)NCC(N)C(=O)OC. The van der Waals surface area contributed by atoms with Crippen LogP contribution in [0, 0.1) is 0 Å². The second-order valence-electron chi connectivity index (χ2n) is 2.40. The number of nitrogens with two attached hydrogens (primary N) is 1. The van der Waals surface area contributed by atoms with Gasteiger partial charge >= 0.3 is 12.1 Å². The number of nitrogens with one attached hydrogen (secondary N) is 1. The fourth-order valence-corrected chi connectivity index (χ4v) is 0.614. The van der Waals surface area contributed by atoms with Gasteiger partial charge in [-0.2, -0.15) is 0 Å². The van der Waals surface area contributed by atoms with Crippen LogP contribution in [0.4, 0.5) is 4.79 Å². The van der Waals surface area contributed by atoms with Gasteiger partial charge in [-0.15, -0.1) is 0 Å². The van der Waals surface area contributed by atoms with Crippen molar-refractivity contribution in [1.29, 1.82) is 0 Å². The van der Waals surface area contributed by atoms with Gasteiger partial charge in [0.05, 0.1) is 7.11 Å². The Morgan fingerprint density at radius 1 is 1.64 bits per heavy atom. The zero-order valence-corrected chi connectivity index (χ0v) is 7.99. The second kappa shape index (κ2) is 6.90. The zero-order chi connectivity index (χ0) is 11.0. The Kier molecular flexibility index (Phi) is 6.13. The van der Waals surface area contributed by atoms with Gasteiger partial charge in [-0.3, -0.25) is 4.79 Å². The first-order valence-corrected chi connectivity index (χ1v) is 3.96. The van der Waals surface area contributed by atoms with E-state index >= 15 is 0 Å². The number of hydrogen-bond acceptors (Lipinski definition) is 5. The molecule has 0 heterocycles. The molecule has 1 atom stereocenters. The summed E-state index contributed by atoms with van der Waals surface area (Å²) in [6.45, 7) is 3.45. The predicted molar refractivity (Wildman–Crippen MR) is 49.5 cm³/mol. The maximum atomic E-state index is 10.8. The Labute approximate surface area is 82.0 Å². The molecule has 1 amide bonds. The highest BCUT2D eigenvalue weighted by molar-refractivity contribution is 5.76. The summed E-state index contributed by atoms with van der Waals surface area (Å²) in [6, 6.07) is -0.878. The van der Waals surface area contributed by atoms with Gasteiger partial charge in [0.2, 0.25) is 0 Å². The van der Waals surface area contributed by atoms with Crippen molar-refractivity contribution in [2.45, 2.75) is 6.04 Å². The van der Waals surface area contributed by atoms with E-state index in [1.165, 1.54) is 13.2 Å². The average Bonchev–Trinajstić information content (AvgIpc) is 2.21. The van der Waals surface area contributed by atoms with Gasteiger partial charge in [-0.25, -0.2) is 4.79 Å². The van der Waals surface area contributed by atoms with Crippen molar-refractivity contribution in [3.05, 3.63) is 12.7 Å². The molecule has 80 valence electrons. The van der Waals surface area contributed by atoms with E-state index in [1.807, 2.05) is 0 Å². The molecule has 0 fully saturated rings. The van der Waals surface area contributed by atoms with E-state index in [9.17, 15) is 9.59 Å². The molecule has 0 spiro atoms. The van der Waals surface area contributed by atoms with Crippen LogP contribution in [0.15, 0.2) is 12.7 Å². The lowest BCUT2D eigenvalue weighted by Crippen LogP contribution is -2.43. The van der Waals surface area contributed by atoms with Gasteiger partial charge < -0.3 is 20.5 Å². The summed E-state index contributed by atoms with van der Waals surface area (Å²) in [5, 5.41) is 2.30. The zero-order valence-electron chi connectivity index (χ0n) is 7.99. The quantitative estimate of drug-likeness (QED) is 0.459. The standard InChI is InChI=1S/C8H14N2O4/c1-3-4-14-8(12)10-5-6(9)7(11)13-2/h3,6H,1,4-5,9H2,2H3,(H,10,12). The molecule has 0 saturated carbocycles. The molecule has 0 aromatic rings. The number of carbonyl (C=O) groups excluding carboxylic acids is 2. The molecule has 0 rings (SSSR count). The van der Waals surface area contributed by atoms with E-state index in [4.69, 9.17) is 5.73 Å². The van der Waals surface area contributed by atoms with Crippen LogP contribution in [0.25, 0.3) is 0 Å². The first-order valence-electron chi connectivity index (χ1n) is 3.96. The summed E-state index contributed by atoms with van der Waals surface area (Å²) in [6.07, 6.45) is 0.782. The predicted octanol–water partition coefficient (Wildman–Crippen LogP) is -0.601. The molecule has 0 bridgehead atoms. The maximum absolute atomic E-state index is 10.8. The van der Waals surface area contributed by atoms with E-state index in [2.05, 4.69) is 21.4 Å². The van der Waals surface area contributed by atoms with Gasteiger partial charge in [0, 0.05) is 6.54 Å². The van der Waals surface area contributed by atoms with Crippen molar-refractivity contribution in [2.75, 3.05) is 20.3 Å². The molecule has 0 radical (unpaired) electrons. The molecular weight excluding hydrogens is 188 g/mol. The minimum absolute atomic E-state index is 0.0251. The van der Waals surface area contributed by atoms with Crippen LogP contribution < -0.4 is 11.1 Å². The van der Waals surface area contributed by atoms with Crippen LogP contribution in [-0.4, -0.2) is 38.4 Å². The molecular formula is C8H14N2O4. The molecule has 3 N–H and O–H groups in total. The van der Waals surface area contributed by atoms with Crippen molar-refractivity contribution in [3.63, 3.8) is 0 Å². The summed E-state index contributed by atoms with van der Waals surface area (Å²) < 4.78 is 8.93. The normalized spacial score (nSPS) is 11.3. The fourth-order valence-electron chi connectivity index (χ4n) is 0.614. The number of rotatable bonds is 5. The highest BCUT2D eigenvalue weighted by atomic mass is 16.5. The van der Waals surface area contributed by atoms with Gasteiger partial charge in [-0.1, -0.05) is 12.7 Å². The van der Waals surface area contributed by atoms with Crippen molar-refractivity contribution >= 4 is 12.1 Å². The summed E-state index contributed by atoms with van der Waals surface area (Å²) in [7, 11) is 1.22. The Morgan fingerprint density at radius 2 is 2.29 bits per heavy atom. The number of carbonyl (C=O) groups is 2. The van der Waals surface area contributed by atoms with Crippen LogP contribution in [0.3, 0.4) is 0 Å². The third kappa shape index (κ3) is 5.15. The number of alkyl carbamates (subject to hydrolysis) is 1. The van der Waals surface area contributed by atoms with E-state index < -0.39 is 18.1 Å². The Morgan fingerprint density at radius 3 is 2.79 bits per heavy atom. The summed E-state index contributed by atoms with van der Waals surface area (Å²) >= 11 is 0. The molecule has 1 unspecified atom stereocenters. The van der Waals surface area contributed by atoms with Crippen LogP contribution in [0.2, 0.25) is 0 Å². The van der Waals surface area contributed by atoms with Crippen molar-refractivity contribution in [1.82, 2.24) is 5.32 Å². The second-order valence-corrected chi connectivity index (χ2v) is 2.40. The van der Waals surface area contributed by atoms with Gasteiger partial charge in [-0.05, 0) is 0 Å². The van der Waals surface area contributed by atoms with E-state index in [0.29, 0.717) is 0 Å². The monoisotopic (exact) mass is 202 g/mol. The van der Waals surface area contributed by atoms with Crippen LogP contribution in [0.5, 0.6) is 0 Å². The molecule has 0 aromatic carbocycles. The lowest BCUT2D eigenvalue weighted by Gasteiger charge is -2.09. The van der Waals surface area contributed by atoms with E-state index in [0.717, 1.165) is 0 Å². The highest BCUT2D eigenvalue weighted by Gasteiger charge is 2.14. The van der Waals surface area contributed by atoms with E-state index in [-0.39, 0.29) is 13.2 Å². The molecule has 0 saturated heterocycles. The fraction of sp³-hybridized carbons (Fsp3) is 0.500. The molecule has 0 aliphatic heterocycles. The topological polar surface area (TPSA) is 90.6 Å². The Hall–Kier alpha value is -1.56. The number of ether oxygens (including phenoxy) is 2. The number of methoxy groups -OCH3 is 1. The van der Waals surface area contributed by atoms with Gasteiger partial charge in [0.1, 0.15) is 12.6 Å². The number of hydrogen-bond donors (Lipinski definition) is 2. The summed E-state index contributed by atoms with van der Waals surface area (Å²) in [4.78, 5) is 21.6. The average molecular weight is 202 g/mol. The molecule has 0 aromatic heterocycles. The largest absolute Gasteiger partial charge is 0.468 e. The van der Waals surface area contributed by atoms with Crippen molar-refractivity contribution in [3.8, 4) is 0 Å². The Bertz CT molecular complexity index is 217. The van der Waals surface area contributed by atoms with Crippen molar-refractivity contribution in [2.24, 2.45) is 5.73 Å². The van der Waals surface area contributed by atoms with Crippen molar-refractivity contribution < 1.29 is 19.1 Å². The third-order valence-electron chi connectivity index (χ3n) is 1.30. The first kappa shape index (κ1) is 12.4. The molecule has 6 nitrogen and oxygen atoms in total. The lowest BCUT2D eigenvalue weighted by atomic mass is 10.3. The first-order chi connectivity index (χ1) is 6.61. The van der Waals surface area contributed by atoms with Gasteiger partial charge in [0.25, 0.3) is 0 Å². The summed E-state index contributed by atoms with van der Waals surface area (Å²) in [5.41, 5.74) is 5.34.